The molecule has 2 fully saturated rings. The van der Waals surface area contributed by atoms with Gasteiger partial charge >= 0.3 is 12.2 Å². The van der Waals surface area contributed by atoms with E-state index in [9.17, 15) is 27.2 Å². The number of halogens is 4. The number of hydrogen-bond donors (Lipinski definition) is 2. The van der Waals surface area contributed by atoms with E-state index in [4.69, 9.17) is 18.9 Å². The molecule has 2 heterocycles. The number of carbonyl (C=O) groups is 2. The second-order valence-electron chi connectivity index (χ2n) is 6.98. The monoisotopic (exact) mass is 456 g/mol. The molecule has 0 spiro atoms. The number of carbonyl (C=O) groups excluding carboxylic acids is 2. The van der Waals surface area contributed by atoms with Gasteiger partial charge in [0.25, 0.3) is 0 Å². The lowest BCUT2D eigenvalue weighted by molar-refractivity contribution is -0.00699. The standard InChI is InChI=1S/C20H16F4N2O6/c21-9-1-3-13(11(23)5-9)25-19(27)31-15-7-29-18-16(8-30-17(15)18)32-20(28)26-14-4-2-10(22)6-12(14)24/h1-6,15-18H,7-8H2,(H,25,27)(H,26,28)/t15-,16-,17+,18+/m1/s1. The molecule has 0 aromatic heterocycles. The van der Waals surface area contributed by atoms with Crippen LogP contribution >= 0.6 is 0 Å². The maximum Gasteiger partial charge on any atom is 0.412 e. The summed E-state index contributed by atoms with van der Waals surface area (Å²) in [5, 5.41) is 4.31. The van der Waals surface area contributed by atoms with Gasteiger partial charge in [0.15, 0.2) is 12.2 Å². The van der Waals surface area contributed by atoms with Crippen molar-refractivity contribution in [3.63, 3.8) is 0 Å². The van der Waals surface area contributed by atoms with E-state index in [1.807, 2.05) is 0 Å². The third-order valence-electron chi connectivity index (χ3n) is 4.82. The Morgan fingerprint density at radius 3 is 1.53 bits per heavy atom. The Morgan fingerprint density at radius 1 is 0.750 bits per heavy atom. The van der Waals surface area contributed by atoms with E-state index >= 15 is 0 Å². The van der Waals surface area contributed by atoms with E-state index in [2.05, 4.69) is 10.6 Å². The number of hydrogen-bond acceptors (Lipinski definition) is 6. The van der Waals surface area contributed by atoms with E-state index in [0.717, 1.165) is 24.3 Å². The van der Waals surface area contributed by atoms with E-state index in [0.29, 0.717) is 12.1 Å². The second kappa shape index (κ2) is 9.01. The normalized spacial score (nSPS) is 24.0. The molecule has 4 rings (SSSR count). The van der Waals surface area contributed by atoms with Crippen molar-refractivity contribution in [2.45, 2.75) is 24.4 Å². The highest BCUT2D eigenvalue weighted by molar-refractivity contribution is 5.85. The first-order chi connectivity index (χ1) is 15.3. The van der Waals surface area contributed by atoms with Crippen LogP contribution in [0.15, 0.2) is 36.4 Å². The highest BCUT2D eigenvalue weighted by Gasteiger charge is 2.51. The molecule has 2 aromatic carbocycles. The molecule has 0 radical (unpaired) electrons. The molecule has 2 aliphatic rings. The van der Waals surface area contributed by atoms with Crippen molar-refractivity contribution in [1.82, 2.24) is 0 Å². The molecule has 12 heteroatoms. The van der Waals surface area contributed by atoms with Crippen LogP contribution in [0.1, 0.15) is 0 Å². The second-order valence-corrected chi connectivity index (χ2v) is 6.98. The smallest absolute Gasteiger partial charge is 0.412 e. The number of ether oxygens (including phenoxy) is 4. The summed E-state index contributed by atoms with van der Waals surface area (Å²) in [4.78, 5) is 24.1. The molecule has 0 unspecified atom stereocenters. The number of rotatable bonds is 4. The van der Waals surface area contributed by atoms with Crippen LogP contribution in [0.4, 0.5) is 38.5 Å². The van der Waals surface area contributed by atoms with Crippen molar-refractivity contribution in [2.75, 3.05) is 23.8 Å². The first kappa shape index (κ1) is 21.8. The summed E-state index contributed by atoms with van der Waals surface area (Å²) >= 11 is 0. The van der Waals surface area contributed by atoms with Gasteiger partial charge < -0.3 is 18.9 Å². The van der Waals surface area contributed by atoms with Gasteiger partial charge in [0.1, 0.15) is 35.5 Å². The minimum atomic E-state index is -1.01. The average Bonchev–Trinajstić information content (AvgIpc) is 3.30. The summed E-state index contributed by atoms with van der Waals surface area (Å²) in [5.74, 6) is -3.55. The van der Waals surface area contributed by atoms with E-state index in [-0.39, 0.29) is 24.6 Å². The molecule has 32 heavy (non-hydrogen) atoms. The average molecular weight is 456 g/mol. The number of fused-ring (bicyclic) bond motifs is 1. The highest BCUT2D eigenvalue weighted by atomic mass is 19.1. The summed E-state index contributed by atoms with van der Waals surface area (Å²) in [6, 6.07) is 5.23. The summed E-state index contributed by atoms with van der Waals surface area (Å²) < 4.78 is 74.6. The fraction of sp³-hybridized carbons (Fsp3) is 0.300. The van der Waals surface area contributed by atoms with E-state index in [1.54, 1.807) is 0 Å². The Morgan fingerprint density at radius 2 is 1.16 bits per heavy atom. The molecule has 2 saturated heterocycles. The van der Waals surface area contributed by atoms with Crippen molar-refractivity contribution in [1.29, 1.82) is 0 Å². The van der Waals surface area contributed by atoms with Gasteiger partial charge in [-0.05, 0) is 24.3 Å². The van der Waals surface area contributed by atoms with Gasteiger partial charge in [0.05, 0.1) is 24.6 Å². The molecule has 4 atom stereocenters. The van der Waals surface area contributed by atoms with Crippen LogP contribution < -0.4 is 10.6 Å². The number of anilines is 2. The summed E-state index contributed by atoms with van der Waals surface area (Å²) in [7, 11) is 0. The van der Waals surface area contributed by atoms with Gasteiger partial charge in [0, 0.05) is 12.1 Å². The quantitative estimate of drug-likeness (QED) is 0.684. The predicted octanol–water partition coefficient (Wildman–Crippen LogP) is 3.58. The van der Waals surface area contributed by atoms with Gasteiger partial charge in [-0.1, -0.05) is 0 Å². The Balaban J connectivity index is 1.30. The van der Waals surface area contributed by atoms with E-state index in [1.165, 1.54) is 0 Å². The molecule has 170 valence electrons. The first-order valence-corrected chi connectivity index (χ1v) is 9.39. The Bertz CT molecular complexity index is 958. The first-order valence-electron chi connectivity index (χ1n) is 9.39. The van der Waals surface area contributed by atoms with Crippen LogP contribution in [-0.4, -0.2) is 49.8 Å². The van der Waals surface area contributed by atoms with Crippen molar-refractivity contribution < 1.29 is 46.1 Å². The third kappa shape index (κ3) is 4.75. The summed E-state index contributed by atoms with van der Waals surface area (Å²) in [6.45, 7) is -0.161. The van der Waals surface area contributed by atoms with Crippen LogP contribution in [0.3, 0.4) is 0 Å². The van der Waals surface area contributed by atoms with Crippen molar-refractivity contribution in [3.8, 4) is 0 Å². The number of nitrogens with one attached hydrogen (secondary N) is 2. The van der Waals surface area contributed by atoms with Crippen LogP contribution in [0, 0.1) is 23.3 Å². The lowest BCUT2D eigenvalue weighted by atomic mass is 10.1. The highest BCUT2D eigenvalue weighted by Crippen LogP contribution is 2.31. The van der Waals surface area contributed by atoms with Crippen molar-refractivity contribution in [3.05, 3.63) is 59.7 Å². The fourth-order valence-corrected chi connectivity index (χ4v) is 3.37. The molecule has 0 aliphatic carbocycles. The van der Waals surface area contributed by atoms with Gasteiger partial charge in [-0.3, -0.25) is 10.6 Å². The maximum atomic E-state index is 13.7. The maximum absolute atomic E-state index is 13.7. The zero-order chi connectivity index (χ0) is 22.8. The zero-order valence-corrected chi connectivity index (χ0v) is 16.1. The molecular weight excluding hydrogens is 440 g/mol. The molecule has 0 bridgehead atoms. The largest absolute Gasteiger partial charge is 0.441 e. The zero-order valence-electron chi connectivity index (χ0n) is 16.1. The van der Waals surface area contributed by atoms with Crippen LogP contribution in [0.2, 0.25) is 0 Å². The predicted molar refractivity (Wildman–Crippen MR) is 100.0 cm³/mol. The molecule has 8 nitrogen and oxygen atoms in total. The van der Waals surface area contributed by atoms with Crippen LogP contribution in [-0.2, 0) is 18.9 Å². The molecule has 2 N–H and O–H groups in total. The number of benzene rings is 2. The Kier molecular flexibility index (Phi) is 6.15. The van der Waals surface area contributed by atoms with Crippen molar-refractivity contribution >= 4 is 23.6 Å². The lowest BCUT2D eigenvalue weighted by Gasteiger charge is -2.18. The SMILES string of the molecule is O=C(Nc1ccc(F)cc1F)O[C@@H]1CO[C@@H]2[C@H]1OC[C@H]2OC(=O)Nc1ccc(F)cc1F. The van der Waals surface area contributed by atoms with Crippen molar-refractivity contribution in [2.24, 2.45) is 0 Å². The van der Waals surface area contributed by atoms with E-state index < -0.39 is 59.9 Å². The molecule has 0 saturated carbocycles. The molecule has 2 amide bonds. The minimum Gasteiger partial charge on any atom is -0.441 e. The number of amides is 2. The van der Waals surface area contributed by atoms with Gasteiger partial charge in [-0.25, -0.2) is 27.2 Å². The molecular formula is C20H16F4N2O6. The van der Waals surface area contributed by atoms with Gasteiger partial charge in [-0.15, -0.1) is 0 Å². The van der Waals surface area contributed by atoms with Gasteiger partial charge in [0.2, 0.25) is 0 Å². The lowest BCUT2D eigenvalue weighted by Crippen LogP contribution is -2.37. The third-order valence-corrected chi connectivity index (χ3v) is 4.82. The Labute approximate surface area is 178 Å². The fourth-order valence-electron chi connectivity index (χ4n) is 3.37. The summed E-state index contributed by atoms with van der Waals surface area (Å²) in [6.07, 6.45) is -5.31. The Hall–Kier alpha value is -3.38. The molecule has 2 aliphatic heterocycles. The summed E-state index contributed by atoms with van der Waals surface area (Å²) in [5.41, 5.74) is -0.546. The van der Waals surface area contributed by atoms with Gasteiger partial charge in [-0.2, -0.15) is 0 Å². The molecule has 2 aromatic rings. The van der Waals surface area contributed by atoms with Crippen LogP contribution in [0.25, 0.3) is 0 Å². The minimum absolute atomic E-state index is 0.0806. The topological polar surface area (TPSA) is 95.1 Å². The van der Waals surface area contributed by atoms with Crippen LogP contribution in [0.5, 0.6) is 0 Å².